The fraction of sp³-hybridized carbons (Fsp3) is 0.200. The molecular formula is C15H14FNO2. The minimum Gasteiger partial charge on any atom is -0.488 e. The maximum absolute atomic E-state index is 12.9. The lowest BCUT2D eigenvalue weighted by Crippen LogP contribution is -2.22. The summed E-state index contributed by atoms with van der Waals surface area (Å²) in [7, 11) is 0. The van der Waals surface area contributed by atoms with Gasteiger partial charge in [-0.2, -0.15) is 0 Å². The van der Waals surface area contributed by atoms with Crippen molar-refractivity contribution in [1.82, 2.24) is 0 Å². The van der Waals surface area contributed by atoms with Gasteiger partial charge in [0.25, 0.3) is 0 Å². The molecule has 3 nitrogen and oxygen atoms in total. The Labute approximate surface area is 110 Å². The minimum absolute atomic E-state index is 0.0261. The Balaban J connectivity index is 1.63. The van der Waals surface area contributed by atoms with Gasteiger partial charge < -0.3 is 15.2 Å². The quantitative estimate of drug-likeness (QED) is 0.862. The first kappa shape index (κ1) is 11.8. The topological polar surface area (TPSA) is 44.5 Å². The van der Waals surface area contributed by atoms with Crippen molar-refractivity contribution in [2.75, 3.05) is 12.3 Å². The fourth-order valence-electron chi connectivity index (χ4n) is 2.18. The van der Waals surface area contributed by atoms with Gasteiger partial charge in [-0.3, -0.25) is 0 Å². The fourth-order valence-corrected chi connectivity index (χ4v) is 2.18. The van der Waals surface area contributed by atoms with Gasteiger partial charge in [0.05, 0.1) is 5.69 Å². The molecule has 2 aromatic rings. The summed E-state index contributed by atoms with van der Waals surface area (Å²) in [4.78, 5) is 0. The maximum Gasteiger partial charge on any atom is 0.142 e. The zero-order chi connectivity index (χ0) is 13.2. The van der Waals surface area contributed by atoms with Crippen LogP contribution in [0.15, 0.2) is 42.5 Å². The number of anilines is 1. The summed E-state index contributed by atoms with van der Waals surface area (Å²) in [5.74, 6) is 1.03. The van der Waals surface area contributed by atoms with E-state index in [1.54, 1.807) is 0 Å². The second-order valence-electron chi connectivity index (χ2n) is 4.54. The van der Waals surface area contributed by atoms with E-state index in [1.807, 2.05) is 24.3 Å². The zero-order valence-electron chi connectivity index (χ0n) is 10.3. The Morgan fingerprint density at radius 3 is 2.89 bits per heavy atom. The van der Waals surface area contributed by atoms with Gasteiger partial charge in [0.15, 0.2) is 0 Å². The van der Waals surface area contributed by atoms with Crippen LogP contribution in [0.3, 0.4) is 0 Å². The highest BCUT2D eigenvalue weighted by Crippen LogP contribution is 2.29. The third-order valence-corrected chi connectivity index (χ3v) is 3.11. The van der Waals surface area contributed by atoms with Crippen LogP contribution in [0.2, 0.25) is 0 Å². The summed E-state index contributed by atoms with van der Waals surface area (Å²) in [6.07, 6.45) is 0.791. The minimum atomic E-state index is -0.366. The number of fused-ring (bicyclic) bond motifs is 1. The molecule has 1 aliphatic heterocycles. The molecule has 4 heteroatoms. The Bertz CT molecular complexity index is 575. The second-order valence-corrected chi connectivity index (χ2v) is 4.54. The van der Waals surface area contributed by atoms with E-state index in [4.69, 9.17) is 15.2 Å². The van der Waals surface area contributed by atoms with Crippen molar-refractivity contribution in [3.05, 3.63) is 53.8 Å². The van der Waals surface area contributed by atoms with Crippen LogP contribution in [0.1, 0.15) is 5.56 Å². The van der Waals surface area contributed by atoms with Crippen molar-refractivity contribution in [2.24, 2.45) is 0 Å². The van der Waals surface area contributed by atoms with Gasteiger partial charge in [0, 0.05) is 12.5 Å². The predicted molar refractivity (Wildman–Crippen MR) is 70.9 cm³/mol. The lowest BCUT2D eigenvalue weighted by molar-refractivity contribution is 0.149. The largest absolute Gasteiger partial charge is 0.488 e. The molecule has 2 N–H and O–H groups in total. The van der Waals surface area contributed by atoms with E-state index in [0.29, 0.717) is 18.0 Å². The summed E-state index contributed by atoms with van der Waals surface area (Å²) in [5.41, 5.74) is 7.17. The van der Waals surface area contributed by atoms with E-state index in [1.165, 1.54) is 23.8 Å². The van der Waals surface area contributed by atoms with Crippen LogP contribution in [0.4, 0.5) is 10.1 Å². The standard InChI is InChI=1S/C15H14FNO2/c16-11-5-6-15(13(17)8-11)18-9-12-7-10-3-1-2-4-14(10)19-12/h1-6,8,12H,7,9,17H2. The first-order valence-corrected chi connectivity index (χ1v) is 6.15. The Hall–Kier alpha value is -2.23. The molecule has 2 aromatic carbocycles. The molecule has 98 valence electrons. The van der Waals surface area contributed by atoms with Gasteiger partial charge in [-0.1, -0.05) is 18.2 Å². The van der Waals surface area contributed by atoms with E-state index in [2.05, 4.69) is 0 Å². The predicted octanol–water partition coefficient (Wildman–Crippen LogP) is 2.79. The number of nitrogen functional groups attached to an aromatic ring is 1. The Kier molecular flexibility index (Phi) is 2.99. The van der Waals surface area contributed by atoms with E-state index >= 15 is 0 Å². The molecule has 19 heavy (non-hydrogen) atoms. The monoisotopic (exact) mass is 259 g/mol. The summed E-state index contributed by atoms with van der Waals surface area (Å²) in [6.45, 7) is 0.393. The molecule has 3 rings (SSSR count). The Morgan fingerprint density at radius 2 is 2.11 bits per heavy atom. The number of para-hydroxylation sites is 1. The number of halogens is 1. The average molecular weight is 259 g/mol. The molecule has 1 heterocycles. The third kappa shape index (κ3) is 2.47. The highest BCUT2D eigenvalue weighted by molar-refractivity contribution is 5.52. The molecule has 0 saturated carbocycles. The van der Waals surface area contributed by atoms with Crippen molar-refractivity contribution in [3.8, 4) is 11.5 Å². The highest BCUT2D eigenvalue weighted by atomic mass is 19.1. The molecule has 1 aliphatic rings. The molecule has 0 amide bonds. The number of ether oxygens (including phenoxy) is 2. The van der Waals surface area contributed by atoms with Gasteiger partial charge in [-0.25, -0.2) is 4.39 Å². The van der Waals surface area contributed by atoms with Gasteiger partial charge in [-0.05, 0) is 23.8 Å². The molecule has 0 saturated heterocycles. The van der Waals surface area contributed by atoms with Crippen LogP contribution in [0.5, 0.6) is 11.5 Å². The van der Waals surface area contributed by atoms with E-state index in [-0.39, 0.29) is 11.9 Å². The molecule has 0 radical (unpaired) electrons. The Morgan fingerprint density at radius 1 is 1.26 bits per heavy atom. The van der Waals surface area contributed by atoms with Gasteiger partial charge in [0.2, 0.25) is 0 Å². The summed E-state index contributed by atoms with van der Waals surface area (Å²) >= 11 is 0. The summed E-state index contributed by atoms with van der Waals surface area (Å²) in [5, 5.41) is 0. The number of hydrogen-bond donors (Lipinski definition) is 1. The van der Waals surface area contributed by atoms with Crippen LogP contribution >= 0.6 is 0 Å². The lowest BCUT2D eigenvalue weighted by atomic mass is 10.1. The third-order valence-electron chi connectivity index (χ3n) is 3.11. The van der Waals surface area contributed by atoms with E-state index < -0.39 is 0 Å². The van der Waals surface area contributed by atoms with Crippen molar-refractivity contribution in [2.45, 2.75) is 12.5 Å². The van der Waals surface area contributed by atoms with E-state index in [9.17, 15) is 4.39 Å². The summed E-state index contributed by atoms with van der Waals surface area (Å²) in [6, 6.07) is 12.0. The second kappa shape index (κ2) is 4.80. The van der Waals surface area contributed by atoms with Crippen molar-refractivity contribution in [1.29, 1.82) is 0 Å². The SMILES string of the molecule is Nc1cc(F)ccc1OCC1Cc2ccccc2O1. The van der Waals surface area contributed by atoms with Crippen molar-refractivity contribution >= 4 is 5.69 Å². The molecular weight excluding hydrogens is 245 g/mol. The van der Waals surface area contributed by atoms with Crippen molar-refractivity contribution in [3.63, 3.8) is 0 Å². The molecule has 0 bridgehead atoms. The molecule has 0 fully saturated rings. The van der Waals surface area contributed by atoms with Crippen LogP contribution < -0.4 is 15.2 Å². The molecule has 0 aliphatic carbocycles. The van der Waals surface area contributed by atoms with Gasteiger partial charge in [0.1, 0.15) is 30.0 Å². The van der Waals surface area contributed by atoms with Crippen LogP contribution in [0, 0.1) is 5.82 Å². The zero-order valence-corrected chi connectivity index (χ0v) is 10.3. The smallest absolute Gasteiger partial charge is 0.142 e. The lowest BCUT2D eigenvalue weighted by Gasteiger charge is -2.13. The number of hydrogen-bond acceptors (Lipinski definition) is 3. The number of benzene rings is 2. The average Bonchev–Trinajstić information content (AvgIpc) is 2.80. The van der Waals surface area contributed by atoms with Gasteiger partial charge in [-0.15, -0.1) is 0 Å². The molecule has 0 spiro atoms. The van der Waals surface area contributed by atoms with Crippen molar-refractivity contribution < 1.29 is 13.9 Å². The van der Waals surface area contributed by atoms with Crippen LogP contribution in [-0.2, 0) is 6.42 Å². The van der Waals surface area contributed by atoms with E-state index in [0.717, 1.165) is 12.2 Å². The van der Waals surface area contributed by atoms with Crippen LogP contribution in [0.25, 0.3) is 0 Å². The molecule has 1 atom stereocenters. The highest BCUT2D eigenvalue weighted by Gasteiger charge is 2.23. The first-order valence-electron chi connectivity index (χ1n) is 6.15. The summed E-state index contributed by atoms with van der Waals surface area (Å²) < 4.78 is 24.3. The normalized spacial score (nSPS) is 16.8. The number of rotatable bonds is 3. The molecule has 0 aromatic heterocycles. The van der Waals surface area contributed by atoms with Crippen LogP contribution in [-0.4, -0.2) is 12.7 Å². The van der Waals surface area contributed by atoms with Gasteiger partial charge >= 0.3 is 0 Å². The number of nitrogens with two attached hydrogens (primary N) is 1. The molecule has 1 unspecified atom stereocenters. The first-order chi connectivity index (χ1) is 9.22. The maximum atomic E-state index is 12.9.